The predicted molar refractivity (Wildman–Crippen MR) is 91.9 cm³/mol. The molecular formula is C14H22BrN5O2S. The first-order chi connectivity index (χ1) is 10.6. The molecule has 0 aliphatic carbocycles. The van der Waals surface area contributed by atoms with Crippen molar-refractivity contribution in [2.24, 2.45) is 7.05 Å². The predicted octanol–water partition coefficient (Wildman–Crippen LogP) is 1.98. The zero-order valence-corrected chi connectivity index (χ0v) is 16.4. The Morgan fingerprint density at radius 1 is 1.09 bits per heavy atom. The van der Waals surface area contributed by atoms with E-state index < -0.39 is 10.0 Å². The van der Waals surface area contributed by atoms with Gasteiger partial charge in [-0.05, 0) is 50.0 Å². The lowest BCUT2D eigenvalue weighted by Gasteiger charge is -2.08. The topological polar surface area (TPSA) is 81.8 Å². The van der Waals surface area contributed by atoms with Gasteiger partial charge in [0.05, 0.1) is 21.6 Å². The summed E-state index contributed by atoms with van der Waals surface area (Å²) >= 11 is 3.49. The summed E-state index contributed by atoms with van der Waals surface area (Å²) in [4.78, 5) is 0.272. The molecule has 2 aromatic heterocycles. The Balaban J connectivity index is 1.99. The van der Waals surface area contributed by atoms with Crippen molar-refractivity contribution in [1.29, 1.82) is 0 Å². The van der Waals surface area contributed by atoms with Gasteiger partial charge in [0.2, 0.25) is 10.0 Å². The van der Waals surface area contributed by atoms with Gasteiger partial charge >= 0.3 is 0 Å². The quantitative estimate of drug-likeness (QED) is 0.747. The van der Waals surface area contributed by atoms with Crippen LogP contribution in [0.4, 0.5) is 0 Å². The molecule has 7 nitrogen and oxygen atoms in total. The molecular weight excluding hydrogens is 382 g/mol. The van der Waals surface area contributed by atoms with Crippen LogP contribution < -0.4 is 4.72 Å². The summed E-state index contributed by atoms with van der Waals surface area (Å²) < 4.78 is 32.0. The van der Waals surface area contributed by atoms with Gasteiger partial charge in [-0.25, -0.2) is 13.1 Å². The number of aryl methyl sites for hydroxylation is 4. The fraction of sp³-hybridized carbons (Fsp3) is 0.571. The third-order valence-corrected chi connectivity index (χ3v) is 6.70. The van der Waals surface area contributed by atoms with Crippen LogP contribution >= 0.6 is 15.9 Å². The maximum atomic E-state index is 12.4. The van der Waals surface area contributed by atoms with Crippen molar-refractivity contribution >= 4 is 26.0 Å². The van der Waals surface area contributed by atoms with Crippen LogP contribution in [0.3, 0.4) is 0 Å². The van der Waals surface area contributed by atoms with Crippen LogP contribution in [0.5, 0.6) is 0 Å². The Labute approximate surface area is 145 Å². The highest BCUT2D eigenvalue weighted by molar-refractivity contribution is 9.10. The lowest BCUT2D eigenvalue weighted by molar-refractivity contribution is 0.543. The molecule has 23 heavy (non-hydrogen) atoms. The zero-order valence-electron chi connectivity index (χ0n) is 14.0. The van der Waals surface area contributed by atoms with E-state index in [1.54, 1.807) is 25.6 Å². The van der Waals surface area contributed by atoms with Crippen LogP contribution in [-0.4, -0.2) is 34.5 Å². The Hall–Kier alpha value is -1.19. The van der Waals surface area contributed by atoms with Crippen molar-refractivity contribution in [3.63, 3.8) is 0 Å². The summed E-state index contributed by atoms with van der Waals surface area (Å²) in [6, 6.07) is 0. The Kier molecular flexibility index (Phi) is 5.32. The highest BCUT2D eigenvalue weighted by Crippen LogP contribution is 2.20. The van der Waals surface area contributed by atoms with Gasteiger partial charge in [-0.15, -0.1) is 0 Å². The molecule has 0 bridgehead atoms. The van der Waals surface area contributed by atoms with Crippen molar-refractivity contribution in [2.75, 3.05) is 6.54 Å². The molecule has 0 atom stereocenters. The molecule has 2 heterocycles. The number of hydrogen-bond donors (Lipinski definition) is 1. The molecule has 0 radical (unpaired) electrons. The summed E-state index contributed by atoms with van der Waals surface area (Å²) in [6.45, 7) is 8.38. The van der Waals surface area contributed by atoms with Crippen LogP contribution in [0.25, 0.3) is 0 Å². The van der Waals surface area contributed by atoms with Crippen LogP contribution in [0.1, 0.15) is 29.2 Å². The van der Waals surface area contributed by atoms with Gasteiger partial charge in [0, 0.05) is 25.8 Å². The molecule has 2 aromatic rings. The van der Waals surface area contributed by atoms with Crippen LogP contribution in [-0.2, 0) is 23.6 Å². The minimum absolute atomic E-state index is 0.272. The van der Waals surface area contributed by atoms with Gasteiger partial charge in [-0.2, -0.15) is 10.2 Å². The van der Waals surface area contributed by atoms with E-state index in [9.17, 15) is 8.42 Å². The standard InChI is InChI=1S/C14H22BrN5O2S/c1-9-13(15)11(3)20(18-9)8-6-7-16-23(21,22)14-10(2)17-19(5)12(14)4/h16H,6-8H2,1-5H3. The van der Waals surface area contributed by atoms with Crippen molar-refractivity contribution in [3.8, 4) is 0 Å². The van der Waals surface area contributed by atoms with Gasteiger partial charge < -0.3 is 0 Å². The van der Waals surface area contributed by atoms with Gasteiger partial charge in [0.25, 0.3) is 0 Å². The van der Waals surface area contributed by atoms with Gasteiger partial charge in [-0.1, -0.05) is 0 Å². The normalized spacial score (nSPS) is 12.1. The molecule has 128 valence electrons. The third kappa shape index (κ3) is 3.67. The maximum Gasteiger partial charge on any atom is 0.244 e. The molecule has 2 rings (SSSR count). The van der Waals surface area contributed by atoms with E-state index >= 15 is 0 Å². The summed E-state index contributed by atoms with van der Waals surface area (Å²) in [5.74, 6) is 0. The van der Waals surface area contributed by atoms with Crippen LogP contribution in [0.2, 0.25) is 0 Å². The zero-order chi connectivity index (χ0) is 17.4. The van der Waals surface area contributed by atoms with E-state index in [0.29, 0.717) is 30.9 Å². The summed E-state index contributed by atoms with van der Waals surface area (Å²) in [6.07, 6.45) is 0.659. The molecule has 0 aliphatic heterocycles. The number of hydrogen-bond acceptors (Lipinski definition) is 4. The number of sulfonamides is 1. The summed E-state index contributed by atoms with van der Waals surface area (Å²) in [5, 5.41) is 8.57. The van der Waals surface area contributed by atoms with Crippen molar-refractivity contribution in [3.05, 3.63) is 27.2 Å². The Bertz CT molecular complexity index is 823. The van der Waals surface area contributed by atoms with E-state index in [4.69, 9.17) is 0 Å². The molecule has 0 amide bonds. The smallest absolute Gasteiger partial charge is 0.244 e. The number of aromatic nitrogens is 4. The second kappa shape index (κ2) is 6.74. The molecule has 0 saturated carbocycles. The second-order valence-corrected chi connectivity index (χ2v) is 8.08. The minimum Gasteiger partial charge on any atom is -0.271 e. The minimum atomic E-state index is -3.54. The van der Waals surface area contributed by atoms with Gasteiger partial charge in [0.15, 0.2) is 0 Å². The average molecular weight is 404 g/mol. The second-order valence-electron chi connectivity index (χ2n) is 5.58. The molecule has 1 N–H and O–H groups in total. The maximum absolute atomic E-state index is 12.4. The Morgan fingerprint density at radius 2 is 1.74 bits per heavy atom. The van der Waals surface area contributed by atoms with E-state index in [-0.39, 0.29) is 4.90 Å². The van der Waals surface area contributed by atoms with E-state index in [0.717, 1.165) is 15.9 Å². The highest BCUT2D eigenvalue weighted by Gasteiger charge is 2.23. The van der Waals surface area contributed by atoms with E-state index in [1.807, 2.05) is 18.5 Å². The largest absolute Gasteiger partial charge is 0.271 e. The monoisotopic (exact) mass is 403 g/mol. The number of halogens is 1. The number of nitrogens with zero attached hydrogens (tertiary/aromatic N) is 4. The fourth-order valence-electron chi connectivity index (χ4n) is 2.54. The number of rotatable bonds is 6. The van der Waals surface area contributed by atoms with Crippen LogP contribution in [0, 0.1) is 27.7 Å². The molecule has 0 aliphatic rings. The third-order valence-electron chi connectivity index (χ3n) is 3.84. The van der Waals surface area contributed by atoms with Crippen molar-refractivity contribution < 1.29 is 8.42 Å². The summed E-state index contributed by atoms with van der Waals surface area (Å²) in [5.41, 5.74) is 3.13. The number of nitrogens with one attached hydrogen (secondary N) is 1. The molecule has 0 aromatic carbocycles. The molecule has 9 heteroatoms. The Morgan fingerprint density at radius 3 is 2.22 bits per heavy atom. The van der Waals surface area contributed by atoms with Crippen LogP contribution in [0.15, 0.2) is 9.37 Å². The summed E-state index contributed by atoms with van der Waals surface area (Å²) in [7, 11) is -1.80. The SMILES string of the molecule is Cc1nn(CCCNS(=O)(=O)c2c(C)nn(C)c2C)c(C)c1Br. The molecule has 0 unspecified atom stereocenters. The van der Waals surface area contributed by atoms with Crippen molar-refractivity contribution in [1.82, 2.24) is 24.3 Å². The first-order valence-corrected chi connectivity index (χ1v) is 9.62. The van der Waals surface area contributed by atoms with E-state index in [1.165, 1.54) is 0 Å². The van der Waals surface area contributed by atoms with E-state index in [2.05, 4.69) is 30.8 Å². The average Bonchev–Trinajstić information content (AvgIpc) is 2.86. The molecule has 0 spiro atoms. The van der Waals surface area contributed by atoms with Gasteiger partial charge in [-0.3, -0.25) is 9.36 Å². The highest BCUT2D eigenvalue weighted by atomic mass is 79.9. The lowest BCUT2D eigenvalue weighted by Crippen LogP contribution is -2.26. The van der Waals surface area contributed by atoms with Crippen molar-refractivity contribution in [2.45, 2.75) is 45.6 Å². The van der Waals surface area contributed by atoms with Gasteiger partial charge in [0.1, 0.15) is 4.90 Å². The first kappa shape index (κ1) is 18.2. The fourth-order valence-corrected chi connectivity index (χ4v) is 4.34. The first-order valence-electron chi connectivity index (χ1n) is 7.34. The molecule has 0 fully saturated rings. The lowest BCUT2D eigenvalue weighted by atomic mass is 10.4. The molecule has 0 saturated heterocycles.